The molecule has 0 unspecified atom stereocenters. The highest BCUT2D eigenvalue weighted by Crippen LogP contribution is 2.13. The van der Waals surface area contributed by atoms with Gasteiger partial charge in [-0.1, -0.05) is 19.1 Å². The van der Waals surface area contributed by atoms with E-state index in [4.69, 9.17) is 0 Å². The molecule has 0 saturated carbocycles. The lowest BCUT2D eigenvalue weighted by atomic mass is 10.0. The van der Waals surface area contributed by atoms with E-state index < -0.39 is 0 Å². The first-order chi connectivity index (χ1) is 9.10. The van der Waals surface area contributed by atoms with Crippen LogP contribution in [-0.2, 0) is 12.8 Å². The minimum absolute atomic E-state index is 0.107. The molecule has 0 fully saturated rings. The lowest BCUT2D eigenvalue weighted by Gasteiger charge is -2.06. The van der Waals surface area contributed by atoms with Crippen molar-refractivity contribution in [2.24, 2.45) is 0 Å². The van der Waals surface area contributed by atoms with E-state index in [-0.39, 0.29) is 5.78 Å². The molecule has 0 aliphatic rings. The van der Waals surface area contributed by atoms with E-state index in [9.17, 15) is 4.79 Å². The van der Waals surface area contributed by atoms with Crippen molar-refractivity contribution in [3.05, 3.63) is 56.4 Å². The van der Waals surface area contributed by atoms with Gasteiger partial charge in [-0.2, -0.15) is 10.2 Å². The third-order valence-electron chi connectivity index (χ3n) is 2.91. The molecule has 98 valence electrons. The number of hydrogen-bond acceptors (Lipinski definition) is 3. The molecule has 1 aromatic carbocycles. The van der Waals surface area contributed by atoms with E-state index >= 15 is 0 Å². The van der Waals surface area contributed by atoms with Gasteiger partial charge in [0.05, 0.1) is 11.4 Å². The van der Waals surface area contributed by atoms with Gasteiger partial charge in [-0.15, -0.1) is 0 Å². The number of aromatic nitrogens is 2. The van der Waals surface area contributed by atoms with Gasteiger partial charge in [0.15, 0.2) is 5.78 Å². The summed E-state index contributed by atoms with van der Waals surface area (Å²) in [5.41, 5.74) is 3.29. The predicted octanol–water partition coefficient (Wildman–Crippen LogP) is 3.38. The highest BCUT2D eigenvalue weighted by atomic mass is 127. The number of rotatable bonds is 4. The molecule has 0 N–H and O–H groups in total. The normalized spacial score (nSPS) is 10.5. The summed E-state index contributed by atoms with van der Waals surface area (Å²) in [6.45, 7) is 3.84. The second-order valence-corrected chi connectivity index (χ2v) is 5.67. The third-order valence-corrected chi connectivity index (χ3v) is 3.62. The quantitative estimate of drug-likeness (QED) is 0.616. The molecule has 1 heterocycles. The van der Waals surface area contributed by atoms with Gasteiger partial charge in [-0.25, -0.2) is 0 Å². The second-order valence-electron chi connectivity index (χ2n) is 4.43. The fourth-order valence-electron chi connectivity index (χ4n) is 1.90. The van der Waals surface area contributed by atoms with Crippen molar-refractivity contribution in [1.82, 2.24) is 10.2 Å². The standard InChI is InChI=1S/C15H15IN2O/c1-3-14-13(8-10(2)17-18-14)15(19)9-11-4-6-12(16)7-5-11/h4-8H,3,9H2,1-2H3. The van der Waals surface area contributed by atoms with Crippen molar-refractivity contribution in [2.45, 2.75) is 26.7 Å². The molecule has 19 heavy (non-hydrogen) atoms. The van der Waals surface area contributed by atoms with Gasteiger partial charge in [-0.3, -0.25) is 4.79 Å². The van der Waals surface area contributed by atoms with Gasteiger partial charge in [0.2, 0.25) is 0 Å². The Labute approximate surface area is 126 Å². The van der Waals surface area contributed by atoms with Crippen LogP contribution in [0.15, 0.2) is 30.3 Å². The maximum absolute atomic E-state index is 12.4. The maximum atomic E-state index is 12.4. The van der Waals surface area contributed by atoms with Crippen LogP contribution < -0.4 is 0 Å². The summed E-state index contributed by atoms with van der Waals surface area (Å²) < 4.78 is 1.17. The lowest BCUT2D eigenvalue weighted by molar-refractivity contribution is 0.0991. The number of halogens is 1. The summed E-state index contributed by atoms with van der Waals surface area (Å²) in [4.78, 5) is 12.4. The zero-order chi connectivity index (χ0) is 13.8. The van der Waals surface area contributed by atoms with Gasteiger partial charge in [0, 0.05) is 15.6 Å². The Morgan fingerprint density at radius 2 is 1.89 bits per heavy atom. The van der Waals surface area contributed by atoms with Crippen molar-refractivity contribution in [3.63, 3.8) is 0 Å². The number of benzene rings is 1. The summed E-state index contributed by atoms with van der Waals surface area (Å²) in [5, 5.41) is 8.11. The van der Waals surface area contributed by atoms with Crippen molar-refractivity contribution in [2.75, 3.05) is 0 Å². The minimum Gasteiger partial charge on any atom is -0.294 e. The summed E-state index contributed by atoms with van der Waals surface area (Å²) in [5.74, 6) is 0.107. The second kappa shape index (κ2) is 6.23. The SMILES string of the molecule is CCc1nnc(C)cc1C(=O)Cc1ccc(I)cc1. The molecule has 0 saturated heterocycles. The molecule has 0 spiro atoms. The highest BCUT2D eigenvalue weighted by molar-refractivity contribution is 14.1. The first-order valence-electron chi connectivity index (χ1n) is 6.21. The highest BCUT2D eigenvalue weighted by Gasteiger charge is 2.13. The van der Waals surface area contributed by atoms with E-state index in [0.29, 0.717) is 12.0 Å². The monoisotopic (exact) mass is 366 g/mol. The largest absolute Gasteiger partial charge is 0.294 e. The van der Waals surface area contributed by atoms with Crippen molar-refractivity contribution >= 4 is 28.4 Å². The fourth-order valence-corrected chi connectivity index (χ4v) is 2.26. The van der Waals surface area contributed by atoms with Crippen LogP contribution in [0, 0.1) is 10.5 Å². The predicted molar refractivity (Wildman–Crippen MR) is 83.3 cm³/mol. The Morgan fingerprint density at radius 1 is 1.21 bits per heavy atom. The average Bonchev–Trinajstić information content (AvgIpc) is 2.41. The molecule has 0 aliphatic carbocycles. The molecular formula is C15H15IN2O. The molecule has 4 heteroatoms. The number of carbonyl (C=O) groups excluding carboxylic acids is 1. The molecule has 1 aromatic heterocycles. The number of hydrogen-bond donors (Lipinski definition) is 0. The van der Waals surface area contributed by atoms with Crippen LogP contribution in [0.1, 0.15) is 34.2 Å². The van der Waals surface area contributed by atoms with Crippen LogP contribution in [0.4, 0.5) is 0 Å². The average molecular weight is 366 g/mol. The van der Waals surface area contributed by atoms with Gasteiger partial charge in [0.25, 0.3) is 0 Å². The molecule has 0 atom stereocenters. The number of aryl methyl sites for hydroxylation is 2. The number of nitrogens with zero attached hydrogens (tertiary/aromatic N) is 2. The van der Waals surface area contributed by atoms with E-state index in [1.165, 1.54) is 3.57 Å². The molecule has 0 bridgehead atoms. The Balaban J connectivity index is 2.24. The van der Waals surface area contributed by atoms with Gasteiger partial charge < -0.3 is 0 Å². The van der Waals surface area contributed by atoms with Crippen LogP contribution in [0.2, 0.25) is 0 Å². The van der Waals surface area contributed by atoms with Gasteiger partial charge in [0.1, 0.15) is 0 Å². The van der Waals surface area contributed by atoms with Crippen LogP contribution in [-0.4, -0.2) is 16.0 Å². The summed E-state index contributed by atoms with van der Waals surface area (Å²) in [7, 11) is 0. The number of carbonyl (C=O) groups is 1. The van der Waals surface area contributed by atoms with Crippen molar-refractivity contribution < 1.29 is 4.79 Å². The van der Waals surface area contributed by atoms with Crippen LogP contribution >= 0.6 is 22.6 Å². The lowest BCUT2D eigenvalue weighted by Crippen LogP contribution is -2.10. The Hall–Kier alpha value is -1.30. The molecule has 0 amide bonds. The Morgan fingerprint density at radius 3 is 2.53 bits per heavy atom. The van der Waals surface area contributed by atoms with Crippen molar-refractivity contribution in [1.29, 1.82) is 0 Å². The maximum Gasteiger partial charge on any atom is 0.169 e. The van der Waals surface area contributed by atoms with Crippen LogP contribution in [0.25, 0.3) is 0 Å². The smallest absolute Gasteiger partial charge is 0.169 e. The van der Waals surface area contributed by atoms with E-state index in [2.05, 4.69) is 32.8 Å². The van der Waals surface area contributed by atoms with Gasteiger partial charge in [-0.05, 0) is 59.7 Å². The van der Waals surface area contributed by atoms with Crippen molar-refractivity contribution in [3.8, 4) is 0 Å². The molecule has 2 aromatic rings. The summed E-state index contributed by atoms with van der Waals surface area (Å²) in [6.07, 6.45) is 1.14. The fraction of sp³-hybridized carbons (Fsp3) is 0.267. The van der Waals surface area contributed by atoms with Crippen LogP contribution in [0.5, 0.6) is 0 Å². The molecule has 3 nitrogen and oxygen atoms in total. The van der Waals surface area contributed by atoms with Crippen LogP contribution in [0.3, 0.4) is 0 Å². The third kappa shape index (κ3) is 3.59. The summed E-state index contributed by atoms with van der Waals surface area (Å²) in [6, 6.07) is 9.85. The molecule has 0 radical (unpaired) electrons. The topological polar surface area (TPSA) is 42.9 Å². The van der Waals surface area contributed by atoms with E-state index in [1.807, 2.05) is 44.2 Å². The molecular weight excluding hydrogens is 351 g/mol. The molecule has 2 rings (SSSR count). The zero-order valence-electron chi connectivity index (χ0n) is 11.0. The zero-order valence-corrected chi connectivity index (χ0v) is 13.1. The van der Waals surface area contributed by atoms with Gasteiger partial charge >= 0.3 is 0 Å². The Kier molecular flexibility index (Phi) is 4.63. The number of ketones is 1. The van der Waals surface area contributed by atoms with E-state index in [1.54, 1.807) is 0 Å². The number of Topliss-reactive ketones (excluding diaryl/α,β-unsaturated/α-hetero) is 1. The first kappa shape index (κ1) is 14.1. The summed E-state index contributed by atoms with van der Waals surface area (Å²) >= 11 is 2.25. The minimum atomic E-state index is 0.107. The Bertz CT molecular complexity index is 594. The van der Waals surface area contributed by atoms with E-state index in [0.717, 1.165) is 23.4 Å². The molecule has 0 aliphatic heterocycles. The first-order valence-corrected chi connectivity index (χ1v) is 7.29.